The first-order valence-electron chi connectivity index (χ1n) is 7.99. The number of amides is 3. The maximum Gasteiger partial charge on any atom is 0.317 e. The van der Waals surface area contributed by atoms with Crippen LogP contribution in [0.1, 0.15) is 11.1 Å². The molecule has 0 saturated carbocycles. The van der Waals surface area contributed by atoms with Crippen molar-refractivity contribution in [3.8, 4) is 0 Å². The minimum atomic E-state index is -0.216. The van der Waals surface area contributed by atoms with E-state index in [0.717, 1.165) is 11.1 Å². The van der Waals surface area contributed by atoms with Crippen molar-refractivity contribution in [2.75, 3.05) is 26.1 Å². The summed E-state index contributed by atoms with van der Waals surface area (Å²) in [5, 5.41) is 5.61. The van der Waals surface area contributed by atoms with Gasteiger partial charge in [0.15, 0.2) is 0 Å². The van der Waals surface area contributed by atoms with Gasteiger partial charge in [0.25, 0.3) is 0 Å². The number of hydrogen-bond acceptors (Lipinski definition) is 3. The third kappa shape index (κ3) is 6.27. The smallest absolute Gasteiger partial charge is 0.317 e. The molecule has 0 spiro atoms. The monoisotopic (exact) mass is 341 g/mol. The fourth-order valence-electron chi connectivity index (χ4n) is 2.33. The van der Waals surface area contributed by atoms with Crippen LogP contribution in [0.4, 0.5) is 10.5 Å². The molecule has 0 aliphatic rings. The molecule has 2 aromatic rings. The first-order valence-corrected chi connectivity index (χ1v) is 7.99. The molecule has 0 fully saturated rings. The Kier molecular flexibility index (Phi) is 6.98. The summed E-state index contributed by atoms with van der Waals surface area (Å²) in [6, 6.07) is 17.0. The van der Waals surface area contributed by atoms with Crippen LogP contribution < -0.4 is 10.6 Å². The second-order valence-electron chi connectivity index (χ2n) is 5.68. The number of benzene rings is 2. The van der Waals surface area contributed by atoms with Crippen LogP contribution >= 0.6 is 0 Å². The topological polar surface area (TPSA) is 70.7 Å². The molecule has 0 saturated heterocycles. The second-order valence-corrected chi connectivity index (χ2v) is 5.68. The molecule has 0 aromatic heterocycles. The molecule has 0 unspecified atom stereocenters. The van der Waals surface area contributed by atoms with Crippen molar-refractivity contribution in [2.24, 2.45) is 0 Å². The number of urea groups is 1. The molecule has 0 aliphatic heterocycles. The van der Waals surface area contributed by atoms with Gasteiger partial charge in [-0.3, -0.25) is 4.79 Å². The van der Waals surface area contributed by atoms with Gasteiger partial charge in [-0.1, -0.05) is 42.5 Å². The van der Waals surface area contributed by atoms with Gasteiger partial charge >= 0.3 is 6.03 Å². The molecule has 3 amide bonds. The molecular formula is C19H23N3O3. The molecule has 0 heterocycles. The highest BCUT2D eigenvalue weighted by molar-refractivity contribution is 5.91. The number of carbonyl (C=O) groups excluding carboxylic acids is 2. The minimum Gasteiger partial charge on any atom is -0.375 e. The second kappa shape index (κ2) is 9.44. The average Bonchev–Trinajstić information content (AvgIpc) is 2.61. The van der Waals surface area contributed by atoms with Gasteiger partial charge in [0.2, 0.25) is 5.91 Å². The van der Waals surface area contributed by atoms with Gasteiger partial charge in [0.1, 0.15) is 6.61 Å². The predicted molar refractivity (Wildman–Crippen MR) is 97.1 cm³/mol. The molecule has 2 aromatic carbocycles. The van der Waals surface area contributed by atoms with Crippen molar-refractivity contribution in [3.05, 3.63) is 65.7 Å². The summed E-state index contributed by atoms with van der Waals surface area (Å²) in [5.41, 5.74) is 2.64. The maximum absolute atomic E-state index is 12.2. The molecule has 0 radical (unpaired) electrons. The van der Waals surface area contributed by atoms with E-state index in [1.165, 1.54) is 7.11 Å². The van der Waals surface area contributed by atoms with E-state index in [1.54, 1.807) is 18.0 Å². The Bertz CT molecular complexity index is 704. The lowest BCUT2D eigenvalue weighted by Crippen LogP contribution is -2.36. The lowest BCUT2D eigenvalue weighted by atomic mass is 10.2. The molecule has 25 heavy (non-hydrogen) atoms. The summed E-state index contributed by atoms with van der Waals surface area (Å²) in [5.74, 6) is -0.216. The van der Waals surface area contributed by atoms with Crippen LogP contribution in [0, 0.1) is 0 Å². The zero-order valence-corrected chi connectivity index (χ0v) is 14.5. The van der Waals surface area contributed by atoms with Crippen LogP contribution in [-0.4, -0.2) is 37.6 Å². The molecule has 6 heteroatoms. The number of nitrogens with zero attached hydrogens (tertiary/aromatic N) is 1. The Balaban J connectivity index is 1.85. The Hall–Kier alpha value is -2.86. The molecule has 0 atom stereocenters. The van der Waals surface area contributed by atoms with Crippen molar-refractivity contribution in [1.29, 1.82) is 0 Å². The van der Waals surface area contributed by atoms with Crippen LogP contribution in [0.3, 0.4) is 0 Å². The van der Waals surface area contributed by atoms with Gasteiger partial charge in [-0.2, -0.15) is 0 Å². The lowest BCUT2D eigenvalue weighted by molar-refractivity contribution is -0.119. The minimum absolute atomic E-state index is 0.00520. The molecule has 6 nitrogen and oxygen atoms in total. The lowest BCUT2D eigenvalue weighted by Gasteiger charge is -2.18. The van der Waals surface area contributed by atoms with Gasteiger partial charge in [0.05, 0.1) is 0 Å². The van der Waals surface area contributed by atoms with E-state index in [-0.39, 0.29) is 18.5 Å². The standard InChI is InChI=1S/C19H23N3O3/c1-22(13-15-7-4-3-5-8-15)19(24)20-12-16-9-6-10-17(11-16)21-18(23)14-25-2/h3-11H,12-14H2,1-2H3,(H,20,24)(H,21,23). The van der Waals surface area contributed by atoms with Crippen molar-refractivity contribution in [2.45, 2.75) is 13.1 Å². The quantitative estimate of drug-likeness (QED) is 0.813. The fraction of sp³-hybridized carbons (Fsp3) is 0.263. The van der Waals surface area contributed by atoms with Gasteiger partial charge in [-0.25, -0.2) is 4.79 Å². The summed E-state index contributed by atoms with van der Waals surface area (Å²) in [4.78, 5) is 25.4. The van der Waals surface area contributed by atoms with E-state index in [2.05, 4.69) is 10.6 Å². The molecule has 0 aliphatic carbocycles. The number of ether oxygens (including phenoxy) is 1. The van der Waals surface area contributed by atoms with Crippen molar-refractivity contribution >= 4 is 17.6 Å². The van der Waals surface area contributed by atoms with Crippen LogP contribution in [0.15, 0.2) is 54.6 Å². The van der Waals surface area contributed by atoms with Gasteiger partial charge in [-0.15, -0.1) is 0 Å². The molecule has 2 N–H and O–H groups in total. The van der Waals surface area contributed by atoms with E-state index >= 15 is 0 Å². The number of hydrogen-bond donors (Lipinski definition) is 2. The predicted octanol–water partition coefficient (Wildman–Crippen LogP) is 2.61. The molecule has 132 valence electrons. The van der Waals surface area contributed by atoms with Crippen LogP contribution in [0.25, 0.3) is 0 Å². The summed E-state index contributed by atoms with van der Waals surface area (Å²) >= 11 is 0. The maximum atomic E-state index is 12.2. The summed E-state index contributed by atoms with van der Waals surface area (Å²) in [7, 11) is 3.22. The van der Waals surface area contributed by atoms with Crippen molar-refractivity contribution < 1.29 is 14.3 Å². The van der Waals surface area contributed by atoms with E-state index < -0.39 is 0 Å². The summed E-state index contributed by atoms with van der Waals surface area (Å²) in [6.45, 7) is 0.928. The van der Waals surface area contributed by atoms with Crippen molar-refractivity contribution in [1.82, 2.24) is 10.2 Å². The number of methoxy groups -OCH3 is 1. The van der Waals surface area contributed by atoms with Crippen molar-refractivity contribution in [3.63, 3.8) is 0 Å². The third-order valence-electron chi connectivity index (χ3n) is 3.54. The van der Waals surface area contributed by atoms with Crippen LogP contribution in [0.2, 0.25) is 0 Å². The highest BCUT2D eigenvalue weighted by atomic mass is 16.5. The third-order valence-corrected chi connectivity index (χ3v) is 3.54. The van der Waals surface area contributed by atoms with Gasteiger partial charge in [0, 0.05) is 32.9 Å². The molecule has 0 bridgehead atoms. The number of carbonyl (C=O) groups is 2. The Morgan fingerprint density at radius 2 is 1.76 bits per heavy atom. The SMILES string of the molecule is COCC(=O)Nc1cccc(CNC(=O)N(C)Cc2ccccc2)c1. The molecule has 2 rings (SSSR count). The summed E-state index contributed by atoms with van der Waals surface area (Å²) in [6.07, 6.45) is 0. The zero-order chi connectivity index (χ0) is 18.1. The van der Waals surface area contributed by atoms with E-state index in [4.69, 9.17) is 4.74 Å². The van der Waals surface area contributed by atoms with Gasteiger partial charge in [-0.05, 0) is 23.3 Å². The van der Waals surface area contributed by atoms with E-state index in [9.17, 15) is 9.59 Å². The fourth-order valence-corrected chi connectivity index (χ4v) is 2.33. The average molecular weight is 341 g/mol. The van der Waals surface area contributed by atoms with Gasteiger partial charge < -0.3 is 20.3 Å². The highest BCUT2D eigenvalue weighted by Crippen LogP contribution is 2.11. The van der Waals surface area contributed by atoms with E-state index in [0.29, 0.717) is 18.8 Å². The highest BCUT2D eigenvalue weighted by Gasteiger charge is 2.09. The summed E-state index contributed by atoms with van der Waals surface area (Å²) < 4.78 is 4.79. The first-order chi connectivity index (χ1) is 12.1. The number of nitrogens with one attached hydrogen (secondary N) is 2. The first kappa shape index (κ1) is 18.5. The largest absolute Gasteiger partial charge is 0.375 e. The van der Waals surface area contributed by atoms with Crippen LogP contribution in [0.5, 0.6) is 0 Å². The Labute approximate surface area is 147 Å². The number of rotatable bonds is 7. The normalized spacial score (nSPS) is 10.2. The Morgan fingerprint density at radius 1 is 1.04 bits per heavy atom. The Morgan fingerprint density at radius 3 is 2.48 bits per heavy atom. The van der Waals surface area contributed by atoms with E-state index in [1.807, 2.05) is 48.5 Å². The van der Waals surface area contributed by atoms with Crippen LogP contribution in [-0.2, 0) is 22.6 Å². The molecular weight excluding hydrogens is 318 g/mol. The number of anilines is 1. The zero-order valence-electron chi connectivity index (χ0n) is 14.5.